The van der Waals surface area contributed by atoms with Crippen LogP contribution < -0.4 is 11.1 Å². The summed E-state index contributed by atoms with van der Waals surface area (Å²) < 4.78 is 4.84. The quantitative estimate of drug-likeness (QED) is 0.754. The summed E-state index contributed by atoms with van der Waals surface area (Å²) in [6, 6.07) is 1.48. The van der Waals surface area contributed by atoms with Crippen LogP contribution in [-0.2, 0) is 4.79 Å². The van der Waals surface area contributed by atoms with Gasteiger partial charge in [-0.25, -0.2) is 0 Å². The lowest BCUT2D eigenvalue weighted by atomic mass is 10.0. The Bertz CT molecular complexity index is 320. The number of aromatic nitrogens is 1. The molecular formula is C9H15N3O2. The molecule has 0 aliphatic carbocycles. The van der Waals surface area contributed by atoms with Crippen molar-refractivity contribution in [1.82, 2.24) is 5.16 Å². The van der Waals surface area contributed by atoms with Crippen molar-refractivity contribution in [3.05, 3.63) is 11.8 Å². The van der Waals surface area contributed by atoms with Gasteiger partial charge in [-0.2, -0.15) is 0 Å². The normalized spacial score (nSPS) is 14.9. The minimum absolute atomic E-state index is 0.156. The highest BCUT2D eigenvalue weighted by molar-refractivity contribution is 5.91. The zero-order valence-corrected chi connectivity index (χ0v) is 8.57. The maximum atomic E-state index is 11.5. The molecule has 0 bridgehead atoms. The maximum Gasteiger partial charge on any atom is 0.231 e. The Balaban J connectivity index is 2.57. The molecule has 14 heavy (non-hydrogen) atoms. The third kappa shape index (κ3) is 2.56. The Morgan fingerprint density at radius 3 is 2.71 bits per heavy atom. The number of carbonyl (C=O) groups excluding carboxylic acids is 1. The molecule has 0 aliphatic heterocycles. The van der Waals surface area contributed by atoms with Crippen LogP contribution in [-0.4, -0.2) is 17.1 Å². The maximum absolute atomic E-state index is 11.5. The van der Waals surface area contributed by atoms with Crippen molar-refractivity contribution in [3.8, 4) is 0 Å². The van der Waals surface area contributed by atoms with Crippen molar-refractivity contribution in [2.75, 3.05) is 5.32 Å². The van der Waals surface area contributed by atoms with Crippen LogP contribution in [0.4, 0.5) is 5.88 Å². The Morgan fingerprint density at radius 1 is 1.64 bits per heavy atom. The zero-order valence-electron chi connectivity index (χ0n) is 8.57. The topological polar surface area (TPSA) is 81.2 Å². The molecule has 0 saturated carbocycles. The molecular weight excluding hydrogens is 182 g/mol. The molecule has 78 valence electrons. The molecule has 1 aromatic heterocycles. The molecule has 5 heteroatoms. The number of anilines is 1. The Hall–Kier alpha value is -1.36. The summed E-state index contributed by atoms with van der Waals surface area (Å²) in [6.07, 6.45) is 0. The number of nitrogens with one attached hydrogen (secondary N) is 1. The summed E-state index contributed by atoms with van der Waals surface area (Å²) in [5.74, 6) is -0.0449. The van der Waals surface area contributed by atoms with Gasteiger partial charge in [-0.15, -0.1) is 0 Å². The summed E-state index contributed by atoms with van der Waals surface area (Å²) in [5, 5.41) is 6.25. The molecule has 1 rings (SSSR count). The van der Waals surface area contributed by atoms with Gasteiger partial charge in [0, 0.05) is 12.1 Å². The number of carbonyl (C=O) groups is 1. The van der Waals surface area contributed by atoms with E-state index in [1.807, 2.05) is 0 Å². The van der Waals surface area contributed by atoms with Crippen LogP contribution in [0.1, 0.15) is 19.5 Å². The van der Waals surface area contributed by atoms with Gasteiger partial charge >= 0.3 is 0 Å². The summed E-state index contributed by atoms with van der Waals surface area (Å²) in [5.41, 5.74) is 6.32. The van der Waals surface area contributed by atoms with Crippen molar-refractivity contribution in [2.45, 2.75) is 26.8 Å². The smallest absolute Gasteiger partial charge is 0.231 e. The van der Waals surface area contributed by atoms with E-state index in [0.717, 1.165) is 5.69 Å². The van der Waals surface area contributed by atoms with Gasteiger partial charge in [0.2, 0.25) is 11.8 Å². The second-order valence-corrected chi connectivity index (χ2v) is 3.47. The fourth-order valence-electron chi connectivity index (χ4n) is 0.897. The van der Waals surface area contributed by atoms with Crippen molar-refractivity contribution in [3.63, 3.8) is 0 Å². The fourth-order valence-corrected chi connectivity index (χ4v) is 0.897. The molecule has 3 N–H and O–H groups in total. The minimum atomic E-state index is -0.250. The molecule has 0 fully saturated rings. The van der Waals surface area contributed by atoms with Crippen LogP contribution in [0.3, 0.4) is 0 Å². The van der Waals surface area contributed by atoms with Crippen LogP contribution >= 0.6 is 0 Å². The summed E-state index contributed by atoms with van der Waals surface area (Å²) in [7, 11) is 0. The van der Waals surface area contributed by atoms with E-state index in [9.17, 15) is 4.79 Å². The first-order valence-electron chi connectivity index (χ1n) is 4.50. The average Bonchev–Trinajstić information content (AvgIpc) is 2.49. The highest BCUT2D eigenvalue weighted by Gasteiger charge is 2.18. The molecule has 1 heterocycles. The van der Waals surface area contributed by atoms with Gasteiger partial charge < -0.3 is 10.3 Å². The Kier molecular flexibility index (Phi) is 3.24. The van der Waals surface area contributed by atoms with E-state index in [4.69, 9.17) is 10.3 Å². The predicted octanol–water partition coefficient (Wildman–Crippen LogP) is 0.905. The number of nitrogens with zero attached hydrogens (tertiary/aromatic N) is 1. The highest BCUT2D eigenvalue weighted by Crippen LogP contribution is 2.10. The molecule has 2 unspecified atom stereocenters. The minimum Gasteiger partial charge on any atom is -0.338 e. The number of hydrogen-bond donors (Lipinski definition) is 2. The third-order valence-electron chi connectivity index (χ3n) is 2.08. The van der Waals surface area contributed by atoms with E-state index in [1.165, 1.54) is 0 Å². The number of hydrogen-bond acceptors (Lipinski definition) is 4. The predicted molar refractivity (Wildman–Crippen MR) is 52.7 cm³/mol. The van der Waals surface area contributed by atoms with Gasteiger partial charge in [-0.05, 0) is 13.8 Å². The molecule has 0 spiro atoms. The number of amides is 1. The lowest BCUT2D eigenvalue weighted by Crippen LogP contribution is -2.34. The SMILES string of the molecule is Cc1cc(NC(=O)C(C)C(C)N)on1. The number of nitrogens with two attached hydrogens (primary N) is 1. The van der Waals surface area contributed by atoms with Crippen molar-refractivity contribution in [2.24, 2.45) is 11.7 Å². The molecule has 5 nitrogen and oxygen atoms in total. The zero-order chi connectivity index (χ0) is 10.7. The molecule has 0 saturated heterocycles. The van der Waals surface area contributed by atoms with E-state index < -0.39 is 0 Å². The summed E-state index contributed by atoms with van der Waals surface area (Å²) in [6.45, 7) is 5.34. The monoisotopic (exact) mass is 197 g/mol. The van der Waals surface area contributed by atoms with E-state index in [0.29, 0.717) is 5.88 Å². The Labute approximate surface area is 82.6 Å². The standard InChI is InChI=1S/C9H15N3O2/c1-5-4-8(14-12-5)11-9(13)6(2)7(3)10/h4,6-7H,10H2,1-3H3,(H,11,13). The second-order valence-electron chi connectivity index (χ2n) is 3.47. The van der Waals surface area contributed by atoms with Crippen molar-refractivity contribution >= 4 is 11.8 Å². The van der Waals surface area contributed by atoms with Crippen LogP contribution in [0, 0.1) is 12.8 Å². The summed E-state index contributed by atoms with van der Waals surface area (Å²) >= 11 is 0. The van der Waals surface area contributed by atoms with Gasteiger partial charge in [0.1, 0.15) is 0 Å². The molecule has 0 radical (unpaired) electrons. The van der Waals surface area contributed by atoms with E-state index in [-0.39, 0.29) is 17.9 Å². The Morgan fingerprint density at radius 2 is 2.29 bits per heavy atom. The summed E-state index contributed by atoms with van der Waals surface area (Å²) in [4.78, 5) is 11.5. The van der Waals surface area contributed by atoms with Crippen LogP contribution in [0.5, 0.6) is 0 Å². The highest BCUT2D eigenvalue weighted by atomic mass is 16.5. The van der Waals surface area contributed by atoms with Gasteiger partial charge in [0.15, 0.2) is 0 Å². The van der Waals surface area contributed by atoms with Crippen LogP contribution in [0.15, 0.2) is 10.6 Å². The van der Waals surface area contributed by atoms with E-state index in [1.54, 1.807) is 26.8 Å². The molecule has 0 aliphatic rings. The van der Waals surface area contributed by atoms with Crippen molar-refractivity contribution < 1.29 is 9.32 Å². The first-order chi connectivity index (χ1) is 6.50. The van der Waals surface area contributed by atoms with Crippen molar-refractivity contribution in [1.29, 1.82) is 0 Å². The molecule has 1 aromatic rings. The van der Waals surface area contributed by atoms with Gasteiger partial charge in [-0.1, -0.05) is 12.1 Å². The lowest BCUT2D eigenvalue weighted by molar-refractivity contribution is -0.119. The van der Waals surface area contributed by atoms with Gasteiger partial charge in [0.05, 0.1) is 11.6 Å². The lowest BCUT2D eigenvalue weighted by Gasteiger charge is -2.13. The molecule has 1 amide bonds. The molecule has 0 aromatic carbocycles. The van der Waals surface area contributed by atoms with Gasteiger partial charge in [0.25, 0.3) is 0 Å². The molecule has 2 atom stereocenters. The second kappa shape index (κ2) is 4.23. The van der Waals surface area contributed by atoms with E-state index in [2.05, 4.69) is 10.5 Å². The largest absolute Gasteiger partial charge is 0.338 e. The van der Waals surface area contributed by atoms with Crippen LogP contribution in [0.25, 0.3) is 0 Å². The third-order valence-corrected chi connectivity index (χ3v) is 2.08. The fraction of sp³-hybridized carbons (Fsp3) is 0.556. The first kappa shape index (κ1) is 10.7. The van der Waals surface area contributed by atoms with Crippen LogP contribution in [0.2, 0.25) is 0 Å². The number of aryl methyl sites for hydroxylation is 1. The van der Waals surface area contributed by atoms with E-state index >= 15 is 0 Å². The van der Waals surface area contributed by atoms with Gasteiger partial charge in [-0.3, -0.25) is 10.1 Å². The number of rotatable bonds is 3. The first-order valence-corrected chi connectivity index (χ1v) is 4.50. The average molecular weight is 197 g/mol.